The SMILES string of the molecule is CCC(c1ccc(C(=O)NCc2ccccn2)cc1-c1ccc(OC)cc1C(=O)O)c1c[nH]c2cc(CN)ccc12. The van der Waals surface area contributed by atoms with Crippen molar-refractivity contribution in [2.45, 2.75) is 32.4 Å². The highest BCUT2D eigenvalue weighted by Crippen LogP contribution is 2.40. The number of pyridine rings is 1. The van der Waals surface area contributed by atoms with E-state index in [9.17, 15) is 14.7 Å². The summed E-state index contributed by atoms with van der Waals surface area (Å²) >= 11 is 0. The van der Waals surface area contributed by atoms with Crippen molar-refractivity contribution in [3.8, 4) is 16.9 Å². The van der Waals surface area contributed by atoms with Gasteiger partial charge < -0.3 is 25.9 Å². The van der Waals surface area contributed by atoms with Crippen molar-refractivity contribution in [3.05, 3.63) is 119 Å². The van der Waals surface area contributed by atoms with Gasteiger partial charge in [0, 0.05) is 41.3 Å². The largest absolute Gasteiger partial charge is 0.497 e. The normalized spacial score (nSPS) is 11.8. The number of carbonyl (C=O) groups excluding carboxylic acids is 1. The van der Waals surface area contributed by atoms with E-state index in [1.54, 1.807) is 30.5 Å². The van der Waals surface area contributed by atoms with Crippen LogP contribution in [0.25, 0.3) is 22.0 Å². The average Bonchev–Trinajstić information content (AvgIpc) is 3.43. The Morgan fingerprint density at radius 2 is 1.88 bits per heavy atom. The molecule has 8 nitrogen and oxygen atoms in total. The van der Waals surface area contributed by atoms with Crippen LogP contribution in [0.4, 0.5) is 0 Å². The third-order valence-electron chi connectivity index (χ3n) is 7.39. The minimum Gasteiger partial charge on any atom is -0.497 e. The fourth-order valence-corrected chi connectivity index (χ4v) is 5.29. The van der Waals surface area contributed by atoms with Crippen molar-refractivity contribution in [1.82, 2.24) is 15.3 Å². The lowest BCUT2D eigenvalue weighted by molar-refractivity contribution is 0.0697. The number of fused-ring (bicyclic) bond motifs is 1. The molecule has 5 aromatic rings. The summed E-state index contributed by atoms with van der Waals surface area (Å²) in [6, 6.07) is 22.2. The summed E-state index contributed by atoms with van der Waals surface area (Å²) in [4.78, 5) is 33.3. The Bertz CT molecular complexity index is 1710. The molecule has 0 saturated heterocycles. The van der Waals surface area contributed by atoms with E-state index in [0.717, 1.165) is 39.7 Å². The smallest absolute Gasteiger partial charge is 0.336 e. The number of ether oxygens (including phenoxy) is 1. The van der Waals surface area contributed by atoms with Gasteiger partial charge >= 0.3 is 5.97 Å². The molecule has 0 fully saturated rings. The number of carbonyl (C=O) groups is 2. The van der Waals surface area contributed by atoms with Gasteiger partial charge in [0.25, 0.3) is 5.91 Å². The molecule has 0 saturated carbocycles. The number of aromatic nitrogens is 2. The van der Waals surface area contributed by atoms with Crippen LogP contribution in [0, 0.1) is 0 Å². The van der Waals surface area contributed by atoms with Crippen molar-refractivity contribution < 1.29 is 19.4 Å². The Balaban J connectivity index is 1.63. The Kier molecular flexibility index (Phi) is 8.12. The van der Waals surface area contributed by atoms with Gasteiger partial charge in [0.05, 0.1) is 24.9 Å². The number of carboxylic acids is 1. The van der Waals surface area contributed by atoms with Crippen molar-refractivity contribution in [3.63, 3.8) is 0 Å². The first-order valence-corrected chi connectivity index (χ1v) is 13.5. The predicted octanol–water partition coefficient (Wildman–Crippen LogP) is 5.87. The van der Waals surface area contributed by atoms with Crippen LogP contribution in [0.2, 0.25) is 0 Å². The number of methoxy groups -OCH3 is 1. The molecule has 0 aliphatic rings. The Hall–Kier alpha value is -4.95. The number of nitrogens with one attached hydrogen (secondary N) is 2. The summed E-state index contributed by atoms with van der Waals surface area (Å²) in [7, 11) is 1.50. The molecule has 0 spiro atoms. The van der Waals surface area contributed by atoms with Crippen LogP contribution in [0.1, 0.15) is 62.4 Å². The van der Waals surface area contributed by atoms with Crippen molar-refractivity contribution in [2.75, 3.05) is 7.11 Å². The van der Waals surface area contributed by atoms with Gasteiger partial charge in [-0.3, -0.25) is 9.78 Å². The van der Waals surface area contributed by atoms with Gasteiger partial charge in [-0.1, -0.05) is 31.2 Å². The van der Waals surface area contributed by atoms with Gasteiger partial charge in [-0.15, -0.1) is 0 Å². The third kappa shape index (κ3) is 5.69. The number of hydrogen-bond donors (Lipinski definition) is 4. The van der Waals surface area contributed by atoms with Gasteiger partial charge in [0.1, 0.15) is 5.75 Å². The second-order valence-corrected chi connectivity index (χ2v) is 9.81. The highest BCUT2D eigenvalue weighted by atomic mass is 16.5. The first-order valence-electron chi connectivity index (χ1n) is 13.5. The van der Waals surface area contributed by atoms with E-state index in [0.29, 0.717) is 29.0 Å². The molecule has 208 valence electrons. The highest BCUT2D eigenvalue weighted by Gasteiger charge is 2.24. The zero-order chi connectivity index (χ0) is 28.9. The molecule has 5 rings (SSSR count). The Morgan fingerprint density at radius 3 is 2.59 bits per heavy atom. The molecule has 1 amide bonds. The summed E-state index contributed by atoms with van der Waals surface area (Å²) in [6.45, 7) is 2.82. The highest BCUT2D eigenvalue weighted by molar-refractivity contribution is 6.00. The van der Waals surface area contributed by atoms with Gasteiger partial charge in [-0.05, 0) is 82.8 Å². The molecule has 41 heavy (non-hydrogen) atoms. The first-order chi connectivity index (χ1) is 19.9. The lowest BCUT2D eigenvalue weighted by atomic mass is 9.82. The van der Waals surface area contributed by atoms with Crippen LogP contribution in [-0.4, -0.2) is 34.1 Å². The van der Waals surface area contributed by atoms with Crippen molar-refractivity contribution in [1.29, 1.82) is 0 Å². The molecule has 0 aliphatic carbocycles. The lowest BCUT2D eigenvalue weighted by Crippen LogP contribution is -2.23. The van der Waals surface area contributed by atoms with E-state index in [1.807, 2.05) is 42.6 Å². The van der Waals surface area contributed by atoms with Crippen LogP contribution in [0.5, 0.6) is 5.75 Å². The minimum atomic E-state index is -1.08. The van der Waals surface area contributed by atoms with Gasteiger partial charge in [-0.2, -0.15) is 0 Å². The van der Waals surface area contributed by atoms with E-state index in [4.69, 9.17) is 10.5 Å². The van der Waals surface area contributed by atoms with Crippen LogP contribution in [0.15, 0.2) is 85.2 Å². The molecule has 1 unspecified atom stereocenters. The fraction of sp³-hybridized carbons (Fsp3) is 0.182. The second kappa shape index (κ2) is 12.1. The predicted molar refractivity (Wildman–Crippen MR) is 159 cm³/mol. The molecular weight excluding hydrogens is 516 g/mol. The summed E-state index contributed by atoms with van der Waals surface area (Å²) in [6.07, 6.45) is 4.43. The number of aromatic amines is 1. The van der Waals surface area contributed by atoms with Crippen molar-refractivity contribution >= 4 is 22.8 Å². The number of carboxylic acid groups (broad SMARTS) is 1. The number of aromatic carboxylic acids is 1. The summed E-state index contributed by atoms with van der Waals surface area (Å²) in [5, 5.41) is 14.1. The van der Waals surface area contributed by atoms with Gasteiger partial charge in [-0.25, -0.2) is 4.79 Å². The third-order valence-corrected chi connectivity index (χ3v) is 7.39. The molecule has 8 heteroatoms. The second-order valence-electron chi connectivity index (χ2n) is 9.81. The quantitative estimate of drug-likeness (QED) is 0.173. The number of nitrogens with two attached hydrogens (primary N) is 1. The number of amides is 1. The van der Waals surface area contributed by atoms with E-state index in [2.05, 4.69) is 28.3 Å². The van der Waals surface area contributed by atoms with E-state index >= 15 is 0 Å². The van der Waals surface area contributed by atoms with Crippen LogP contribution in [0.3, 0.4) is 0 Å². The summed E-state index contributed by atoms with van der Waals surface area (Å²) in [5.41, 5.74) is 12.3. The summed E-state index contributed by atoms with van der Waals surface area (Å²) in [5.74, 6) is -0.985. The fourth-order valence-electron chi connectivity index (χ4n) is 5.29. The van der Waals surface area contributed by atoms with E-state index < -0.39 is 5.97 Å². The maximum atomic E-state index is 13.2. The zero-order valence-corrected chi connectivity index (χ0v) is 23.0. The van der Waals surface area contributed by atoms with E-state index in [-0.39, 0.29) is 23.9 Å². The standard InChI is InChI=1S/C33H32N4O4/c1-3-24(30-19-36-31-14-20(17-34)7-10-27(30)31)25-11-8-21(32(38)37-18-22-6-4-5-13-35-22)15-28(25)26-12-9-23(41-2)16-29(26)33(39)40/h4-16,19,24,36H,3,17-18,34H2,1-2H3,(H,37,38)(H,39,40). The molecule has 0 radical (unpaired) electrons. The van der Waals surface area contributed by atoms with E-state index in [1.165, 1.54) is 13.2 Å². The maximum absolute atomic E-state index is 13.2. The van der Waals surface area contributed by atoms with Crippen LogP contribution >= 0.6 is 0 Å². The monoisotopic (exact) mass is 548 g/mol. The average molecular weight is 549 g/mol. The first kappa shape index (κ1) is 27.6. The Morgan fingerprint density at radius 1 is 1.02 bits per heavy atom. The number of benzene rings is 3. The Labute approximate surface area is 238 Å². The maximum Gasteiger partial charge on any atom is 0.336 e. The molecule has 2 aromatic heterocycles. The number of H-pyrrole nitrogens is 1. The lowest BCUT2D eigenvalue weighted by Gasteiger charge is -2.22. The molecular formula is C33H32N4O4. The van der Waals surface area contributed by atoms with Crippen LogP contribution < -0.4 is 15.8 Å². The van der Waals surface area contributed by atoms with Gasteiger partial charge in [0.2, 0.25) is 0 Å². The zero-order valence-electron chi connectivity index (χ0n) is 23.0. The molecule has 0 bridgehead atoms. The molecule has 1 atom stereocenters. The number of rotatable bonds is 10. The van der Waals surface area contributed by atoms with Crippen molar-refractivity contribution in [2.24, 2.45) is 5.73 Å². The number of hydrogen-bond acceptors (Lipinski definition) is 5. The molecule has 3 aromatic carbocycles. The van der Waals surface area contributed by atoms with Crippen LogP contribution in [-0.2, 0) is 13.1 Å². The molecule has 0 aliphatic heterocycles. The van der Waals surface area contributed by atoms with Gasteiger partial charge in [0.15, 0.2) is 0 Å². The minimum absolute atomic E-state index is 0.0724. The summed E-state index contributed by atoms with van der Waals surface area (Å²) < 4.78 is 5.31. The molecule has 2 heterocycles. The number of nitrogens with zero attached hydrogens (tertiary/aromatic N) is 1. The topological polar surface area (TPSA) is 130 Å². The molecule has 5 N–H and O–H groups in total.